The highest BCUT2D eigenvalue weighted by Gasteiger charge is 2.28. The van der Waals surface area contributed by atoms with E-state index in [4.69, 9.17) is 0 Å². The van der Waals surface area contributed by atoms with Crippen LogP contribution in [-0.4, -0.2) is 25.5 Å². The highest BCUT2D eigenvalue weighted by Crippen LogP contribution is 2.39. The number of aromatic nitrogens is 1. The van der Waals surface area contributed by atoms with Crippen LogP contribution in [0, 0.1) is 6.92 Å². The molecule has 4 rings (SSSR count). The number of benzene rings is 2. The van der Waals surface area contributed by atoms with E-state index in [9.17, 15) is 17.2 Å². The van der Waals surface area contributed by atoms with Crippen molar-refractivity contribution in [3.63, 3.8) is 0 Å². The summed E-state index contributed by atoms with van der Waals surface area (Å²) in [6.45, 7) is 3.28. The summed E-state index contributed by atoms with van der Waals surface area (Å²) in [5.41, 5.74) is 1.32. The number of fused-ring (bicyclic) bond motifs is 1. The van der Waals surface area contributed by atoms with Gasteiger partial charge in [0.15, 0.2) is 0 Å². The Balaban J connectivity index is 1.97. The maximum Gasteiger partial charge on any atom is 0.268 e. The first-order valence-electron chi connectivity index (χ1n) is 9.39. The average molecular weight is 404 g/mol. The SMILES string of the molecule is Cc1ccccc1S(=O)(=O)n1cc(C(F)F)c2c(N3CCCCC3)cccc21. The Hall–Kier alpha value is -2.41. The van der Waals surface area contributed by atoms with Crippen LogP contribution in [0.2, 0.25) is 0 Å². The van der Waals surface area contributed by atoms with Crippen LogP contribution in [0.3, 0.4) is 0 Å². The van der Waals surface area contributed by atoms with Gasteiger partial charge in [0.05, 0.1) is 10.4 Å². The molecule has 148 valence electrons. The average Bonchev–Trinajstić information content (AvgIpc) is 3.10. The number of hydrogen-bond acceptors (Lipinski definition) is 3. The molecule has 0 bridgehead atoms. The lowest BCUT2D eigenvalue weighted by Crippen LogP contribution is -2.29. The van der Waals surface area contributed by atoms with Gasteiger partial charge >= 0.3 is 0 Å². The van der Waals surface area contributed by atoms with E-state index < -0.39 is 16.4 Å². The van der Waals surface area contributed by atoms with Crippen LogP contribution < -0.4 is 4.90 Å². The number of rotatable bonds is 4. The molecule has 7 heteroatoms. The van der Waals surface area contributed by atoms with Gasteiger partial charge in [-0.15, -0.1) is 0 Å². The normalized spacial score (nSPS) is 15.5. The Bertz CT molecular complexity index is 1120. The Morgan fingerprint density at radius 1 is 0.964 bits per heavy atom. The largest absolute Gasteiger partial charge is 0.371 e. The second-order valence-electron chi connectivity index (χ2n) is 7.17. The molecule has 0 saturated carbocycles. The Morgan fingerprint density at radius 3 is 2.36 bits per heavy atom. The smallest absolute Gasteiger partial charge is 0.268 e. The second kappa shape index (κ2) is 7.20. The van der Waals surface area contributed by atoms with E-state index in [1.165, 1.54) is 6.07 Å². The van der Waals surface area contributed by atoms with Crippen LogP contribution in [0.4, 0.5) is 14.5 Å². The van der Waals surface area contributed by atoms with E-state index in [1.54, 1.807) is 37.3 Å². The Kier molecular flexibility index (Phi) is 4.87. The first-order chi connectivity index (χ1) is 13.4. The van der Waals surface area contributed by atoms with Crippen molar-refractivity contribution in [2.24, 2.45) is 0 Å². The summed E-state index contributed by atoms with van der Waals surface area (Å²) in [6.07, 6.45) is 1.45. The zero-order valence-corrected chi connectivity index (χ0v) is 16.4. The van der Waals surface area contributed by atoms with E-state index in [0.29, 0.717) is 22.2 Å². The van der Waals surface area contributed by atoms with Crippen molar-refractivity contribution in [1.82, 2.24) is 3.97 Å². The lowest BCUT2D eigenvalue weighted by Gasteiger charge is -2.29. The quantitative estimate of drug-likeness (QED) is 0.607. The molecule has 1 saturated heterocycles. The van der Waals surface area contributed by atoms with Crippen molar-refractivity contribution in [2.45, 2.75) is 37.5 Å². The summed E-state index contributed by atoms with van der Waals surface area (Å²) in [4.78, 5) is 2.21. The Morgan fingerprint density at radius 2 is 1.68 bits per heavy atom. The molecule has 1 aromatic heterocycles. The summed E-state index contributed by atoms with van der Waals surface area (Å²) in [5, 5.41) is 0.330. The van der Waals surface area contributed by atoms with E-state index in [2.05, 4.69) is 4.90 Å². The highest BCUT2D eigenvalue weighted by atomic mass is 32.2. The molecule has 0 unspecified atom stereocenters. The van der Waals surface area contributed by atoms with Crippen LogP contribution in [0.5, 0.6) is 0 Å². The van der Waals surface area contributed by atoms with Crippen LogP contribution in [0.1, 0.15) is 36.8 Å². The third-order valence-electron chi connectivity index (χ3n) is 5.37. The fraction of sp³-hybridized carbons (Fsp3) is 0.333. The molecule has 0 atom stereocenters. The van der Waals surface area contributed by atoms with Gasteiger partial charge < -0.3 is 4.90 Å². The number of piperidine rings is 1. The van der Waals surface area contributed by atoms with Gasteiger partial charge in [0.2, 0.25) is 0 Å². The molecule has 0 N–H and O–H groups in total. The zero-order valence-electron chi connectivity index (χ0n) is 15.6. The minimum atomic E-state index is -3.99. The number of aryl methyl sites for hydroxylation is 1. The molecule has 28 heavy (non-hydrogen) atoms. The van der Waals surface area contributed by atoms with Crippen LogP contribution >= 0.6 is 0 Å². The van der Waals surface area contributed by atoms with Gasteiger partial charge in [-0.05, 0) is 49.9 Å². The number of anilines is 1. The Labute approximate surface area is 163 Å². The molecule has 1 fully saturated rings. The van der Waals surface area contributed by atoms with Crippen molar-refractivity contribution in [3.8, 4) is 0 Å². The summed E-state index contributed by atoms with van der Waals surface area (Å²) in [6, 6.07) is 11.7. The molecule has 0 aliphatic carbocycles. The van der Waals surface area contributed by atoms with Gasteiger partial charge in [-0.1, -0.05) is 24.3 Å². The van der Waals surface area contributed by atoms with Gasteiger partial charge in [-0.25, -0.2) is 21.2 Å². The van der Waals surface area contributed by atoms with E-state index >= 15 is 0 Å². The monoisotopic (exact) mass is 404 g/mol. The molecule has 0 radical (unpaired) electrons. The van der Waals surface area contributed by atoms with Gasteiger partial charge in [0.1, 0.15) is 0 Å². The maximum atomic E-state index is 13.9. The van der Waals surface area contributed by atoms with Gasteiger partial charge in [0.25, 0.3) is 16.4 Å². The molecule has 0 spiro atoms. The fourth-order valence-electron chi connectivity index (χ4n) is 3.98. The van der Waals surface area contributed by atoms with Crippen LogP contribution in [-0.2, 0) is 10.0 Å². The van der Waals surface area contributed by atoms with E-state index in [0.717, 1.165) is 42.5 Å². The third kappa shape index (κ3) is 3.07. The summed E-state index contributed by atoms with van der Waals surface area (Å²) >= 11 is 0. The van der Waals surface area contributed by atoms with Crippen molar-refractivity contribution in [3.05, 3.63) is 59.8 Å². The molecule has 4 nitrogen and oxygen atoms in total. The molecule has 1 aliphatic rings. The molecular weight excluding hydrogens is 382 g/mol. The van der Waals surface area contributed by atoms with Gasteiger partial charge in [0, 0.05) is 35.9 Å². The van der Waals surface area contributed by atoms with E-state index in [1.807, 2.05) is 6.07 Å². The third-order valence-corrected chi connectivity index (χ3v) is 7.20. The fourth-order valence-corrected chi connectivity index (χ4v) is 5.58. The maximum absolute atomic E-state index is 13.9. The van der Waals surface area contributed by atoms with Gasteiger partial charge in [-0.3, -0.25) is 0 Å². The topological polar surface area (TPSA) is 42.3 Å². The van der Waals surface area contributed by atoms with Crippen molar-refractivity contribution >= 4 is 26.6 Å². The van der Waals surface area contributed by atoms with Crippen molar-refractivity contribution in [1.29, 1.82) is 0 Å². The molecule has 2 heterocycles. The zero-order chi connectivity index (χ0) is 19.9. The van der Waals surface area contributed by atoms with Crippen molar-refractivity contribution < 1.29 is 17.2 Å². The summed E-state index contributed by atoms with van der Waals surface area (Å²) in [5.74, 6) is 0. The van der Waals surface area contributed by atoms with Crippen LogP contribution in [0.25, 0.3) is 10.9 Å². The lowest BCUT2D eigenvalue weighted by atomic mass is 10.1. The van der Waals surface area contributed by atoms with Crippen LogP contribution in [0.15, 0.2) is 53.6 Å². The lowest BCUT2D eigenvalue weighted by molar-refractivity contribution is 0.153. The minimum Gasteiger partial charge on any atom is -0.371 e. The highest BCUT2D eigenvalue weighted by molar-refractivity contribution is 7.90. The summed E-state index contributed by atoms with van der Waals surface area (Å²) in [7, 11) is -3.99. The molecule has 0 amide bonds. The number of hydrogen-bond donors (Lipinski definition) is 0. The second-order valence-corrected chi connectivity index (χ2v) is 8.95. The van der Waals surface area contributed by atoms with Crippen molar-refractivity contribution in [2.75, 3.05) is 18.0 Å². The predicted octanol–water partition coefficient (Wildman–Crippen LogP) is 5.11. The predicted molar refractivity (Wildman–Crippen MR) is 107 cm³/mol. The number of alkyl halides is 2. The molecular formula is C21H22F2N2O2S. The molecule has 2 aromatic carbocycles. The van der Waals surface area contributed by atoms with Gasteiger partial charge in [-0.2, -0.15) is 0 Å². The standard InChI is InChI=1S/C21H22F2N2O2S/c1-15-8-3-4-11-19(15)28(26,27)25-14-16(21(22)23)20-17(9-7-10-18(20)25)24-12-5-2-6-13-24/h3-4,7-11,14,21H,2,5-6,12-13H2,1H3. The minimum absolute atomic E-state index is 0.121. The molecule has 3 aromatic rings. The number of halogens is 2. The van der Waals surface area contributed by atoms with E-state index in [-0.39, 0.29) is 10.5 Å². The molecule has 1 aliphatic heterocycles. The first kappa shape index (κ1) is 18.9. The number of nitrogens with zero attached hydrogens (tertiary/aromatic N) is 2. The first-order valence-corrected chi connectivity index (χ1v) is 10.8. The summed E-state index contributed by atoms with van der Waals surface area (Å²) < 4.78 is 55.4.